The highest BCUT2D eigenvalue weighted by Crippen LogP contribution is 2.38. The summed E-state index contributed by atoms with van der Waals surface area (Å²) in [5.41, 5.74) is 3.36. The average Bonchev–Trinajstić information content (AvgIpc) is 3.30. The van der Waals surface area contributed by atoms with Gasteiger partial charge >= 0.3 is 0 Å². The largest absolute Gasteiger partial charge is 0.372 e. The third-order valence-corrected chi connectivity index (χ3v) is 4.51. The van der Waals surface area contributed by atoms with Gasteiger partial charge in [-0.3, -0.25) is 4.79 Å². The Morgan fingerprint density at radius 3 is 2.35 bits per heavy atom. The second-order valence-corrected chi connectivity index (χ2v) is 6.31. The van der Waals surface area contributed by atoms with E-state index in [-0.39, 0.29) is 5.91 Å². The van der Waals surface area contributed by atoms with Crippen molar-refractivity contribution in [1.82, 2.24) is 10.2 Å². The molecule has 1 saturated heterocycles. The van der Waals surface area contributed by atoms with Crippen LogP contribution >= 0.6 is 0 Å². The summed E-state index contributed by atoms with van der Waals surface area (Å²) < 4.78 is 0. The Labute approximate surface area is 135 Å². The molecule has 0 radical (unpaired) electrons. The van der Waals surface area contributed by atoms with Crippen molar-refractivity contribution < 1.29 is 4.79 Å². The molecule has 1 aromatic carbocycles. The summed E-state index contributed by atoms with van der Waals surface area (Å²) in [7, 11) is 0. The smallest absolute Gasteiger partial charge is 0.276 e. The number of nitrogens with one attached hydrogen (secondary N) is 1. The van der Waals surface area contributed by atoms with E-state index in [1.165, 1.54) is 31.4 Å². The Morgan fingerprint density at radius 2 is 1.74 bits per heavy atom. The molecule has 5 nitrogen and oxygen atoms in total. The number of benzene rings is 1. The fraction of sp³-hybridized carbons (Fsp3) is 0.389. The monoisotopic (exact) mass is 308 g/mol. The lowest BCUT2D eigenvalue weighted by Gasteiger charge is -2.17. The lowest BCUT2D eigenvalue weighted by molar-refractivity contribution is 0.102. The van der Waals surface area contributed by atoms with Crippen molar-refractivity contribution in [3.05, 3.63) is 47.8 Å². The molecule has 1 aliphatic heterocycles. The molecule has 1 aromatic heterocycles. The van der Waals surface area contributed by atoms with Crippen molar-refractivity contribution in [2.45, 2.75) is 31.6 Å². The molecule has 5 heteroatoms. The molecule has 1 saturated carbocycles. The van der Waals surface area contributed by atoms with Gasteiger partial charge in [-0.25, -0.2) is 0 Å². The molecule has 0 atom stereocenters. The van der Waals surface area contributed by atoms with Crippen molar-refractivity contribution in [3.63, 3.8) is 0 Å². The number of hydrogen-bond acceptors (Lipinski definition) is 4. The highest BCUT2D eigenvalue weighted by Gasteiger charge is 2.25. The fourth-order valence-electron chi connectivity index (χ4n) is 2.99. The quantitative estimate of drug-likeness (QED) is 0.942. The van der Waals surface area contributed by atoms with Crippen LogP contribution in [-0.2, 0) is 0 Å². The van der Waals surface area contributed by atoms with Crippen LogP contribution in [0.1, 0.15) is 47.8 Å². The highest BCUT2D eigenvalue weighted by atomic mass is 16.1. The van der Waals surface area contributed by atoms with E-state index in [0.29, 0.717) is 11.6 Å². The van der Waals surface area contributed by atoms with Gasteiger partial charge in [0.15, 0.2) is 5.69 Å². The Balaban J connectivity index is 1.41. The van der Waals surface area contributed by atoms with Gasteiger partial charge in [-0.05, 0) is 62.1 Å². The third-order valence-electron chi connectivity index (χ3n) is 4.51. The van der Waals surface area contributed by atoms with E-state index in [1.54, 1.807) is 6.07 Å². The summed E-state index contributed by atoms with van der Waals surface area (Å²) in [5, 5.41) is 11.1. The second kappa shape index (κ2) is 5.99. The zero-order chi connectivity index (χ0) is 15.6. The Kier molecular flexibility index (Phi) is 3.69. The van der Waals surface area contributed by atoms with Crippen LogP contribution in [-0.4, -0.2) is 29.2 Å². The topological polar surface area (TPSA) is 58.1 Å². The predicted octanol–water partition coefficient (Wildman–Crippen LogP) is 3.21. The van der Waals surface area contributed by atoms with E-state index in [9.17, 15) is 4.79 Å². The minimum absolute atomic E-state index is 0.214. The van der Waals surface area contributed by atoms with E-state index >= 15 is 0 Å². The van der Waals surface area contributed by atoms with Crippen molar-refractivity contribution in [3.8, 4) is 0 Å². The van der Waals surface area contributed by atoms with Crippen molar-refractivity contribution in [2.24, 2.45) is 0 Å². The van der Waals surface area contributed by atoms with Gasteiger partial charge in [-0.1, -0.05) is 0 Å². The maximum Gasteiger partial charge on any atom is 0.276 e. The highest BCUT2D eigenvalue weighted by molar-refractivity contribution is 6.02. The molecule has 2 aliphatic rings. The molecule has 1 N–H and O–H groups in total. The van der Waals surface area contributed by atoms with Gasteiger partial charge in [0.1, 0.15) is 0 Å². The van der Waals surface area contributed by atoms with Crippen molar-refractivity contribution >= 4 is 17.3 Å². The maximum atomic E-state index is 12.2. The van der Waals surface area contributed by atoms with E-state index < -0.39 is 0 Å². The number of carbonyl (C=O) groups is 1. The molecular weight excluding hydrogens is 288 g/mol. The minimum atomic E-state index is -0.214. The summed E-state index contributed by atoms with van der Waals surface area (Å²) in [4.78, 5) is 14.6. The first-order valence-corrected chi connectivity index (χ1v) is 8.29. The number of amides is 1. The Morgan fingerprint density at radius 1 is 1.00 bits per heavy atom. The van der Waals surface area contributed by atoms with E-state index in [4.69, 9.17) is 0 Å². The van der Waals surface area contributed by atoms with Gasteiger partial charge in [0, 0.05) is 30.4 Å². The molecule has 2 heterocycles. The van der Waals surface area contributed by atoms with Crippen LogP contribution in [0.5, 0.6) is 0 Å². The van der Waals surface area contributed by atoms with E-state index in [2.05, 4.69) is 32.5 Å². The Hall–Kier alpha value is -2.43. The number of nitrogens with zero attached hydrogens (tertiary/aromatic N) is 3. The standard InChI is InChI=1S/C18H20N4O/c23-18(17-10-9-16(20-21-17)13-3-4-13)19-14-5-7-15(8-6-14)22-11-1-2-12-22/h5-10,13H,1-4,11-12H2,(H,19,23). The molecule has 0 spiro atoms. The first kappa shape index (κ1) is 14.2. The van der Waals surface area contributed by atoms with Crippen LogP contribution in [0.3, 0.4) is 0 Å². The van der Waals surface area contributed by atoms with Crippen molar-refractivity contribution in [1.29, 1.82) is 0 Å². The molecule has 2 aromatic rings. The van der Waals surface area contributed by atoms with Gasteiger partial charge in [-0.15, -0.1) is 5.10 Å². The minimum Gasteiger partial charge on any atom is -0.372 e. The zero-order valence-electron chi connectivity index (χ0n) is 13.0. The fourth-order valence-corrected chi connectivity index (χ4v) is 2.99. The van der Waals surface area contributed by atoms with Crippen LogP contribution in [0.2, 0.25) is 0 Å². The first-order valence-electron chi connectivity index (χ1n) is 8.29. The molecule has 1 aliphatic carbocycles. The summed E-state index contributed by atoms with van der Waals surface area (Å²) in [6.07, 6.45) is 4.88. The van der Waals surface area contributed by atoms with Gasteiger partial charge in [0.25, 0.3) is 5.91 Å². The van der Waals surface area contributed by atoms with Crippen LogP contribution in [0, 0.1) is 0 Å². The summed E-state index contributed by atoms with van der Waals surface area (Å²) >= 11 is 0. The average molecular weight is 308 g/mol. The van der Waals surface area contributed by atoms with Gasteiger partial charge in [0.2, 0.25) is 0 Å². The molecule has 0 bridgehead atoms. The third kappa shape index (κ3) is 3.18. The van der Waals surface area contributed by atoms with E-state index in [1.807, 2.05) is 18.2 Å². The van der Waals surface area contributed by atoms with Gasteiger partial charge < -0.3 is 10.2 Å². The van der Waals surface area contributed by atoms with Gasteiger partial charge in [-0.2, -0.15) is 5.10 Å². The number of rotatable bonds is 4. The number of hydrogen-bond donors (Lipinski definition) is 1. The molecule has 0 unspecified atom stereocenters. The van der Waals surface area contributed by atoms with Crippen LogP contribution in [0.25, 0.3) is 0 Å². The molecule has 23 heavy (non-hydrogen) atoms. The molecular formula is C18H20N4O. The Bertz CT molecular complexity index is 686. The summed E-state index contributed by atoms with van der Waals surface area (Å²) in [5.74, 6) is 0.339. The van der Waals surface area contributed by atoms with E-state index in [0.717, 1.165) is 24.5 Å². The lowest BCUT2D eigenvalue weighted by atomic mass is 10.2. The van der Waals surface area contributed by atoms with Crippen LogP contribution < -0.4 is 10.2 Å². The molecule has 2 fully saturated rings. The lowest BCUT2D eigenvalue weighted by Crippen LogP contribution is -2.18. The number of carbonyl (C=O) groups excluding carboxylic acids is 1. The SMILES string of the molecule is O=C(Nc1ccc(N2CCCC2)cc1)c1ccc(C2CC2)nn1. The molecule has 1 amide bonds. The predicted molar refractivity (Wildman–Crippen MR) is 89.8 cm³/mol. The normalized spacial score (nSPS) is 17.3. The molecule has 4 rings (SSSR count). The first-order chi connectivity index (χ1) is 11.3. The summed E-state index contributed by atoms with van der Waals surface area (Å²) in [6.45, 7) is 2.24. The number of anilines is 2. The van der Waals surface area contributed by atoms with Crippen LogP contribution in [0.4, 0.5) is 11.4 Å². The number of aromatic nitrogens is 2. The van der Waals surface area contributed by atoms with Gasteiger partial charge in [0.05, 0.1) is 5.69 Å². The second-order valence-electron chi connectivity index (χ2n) is 6.31. The summed E-state index contributed by atoms with van der Waals surface area (Å²) in [6, 6.07) is 11.7. The van der Waals surface area contributed by atoms with Crippen LogP contribution in [0.15, 0.2) is 36.4 Å². The van der Waals surface area contributed by atoms with Crippen molar-refractivity contribution in [2.75, 3.05) is 23.3 Å². The molecule has 118 valence electrons. The zero-order valence-corrected chi connectivity index (χ0v) is 13.0. The maximum absolute atomic E-state index is 12.2.